The third-order valence-electron chi connectivity index (χ3n) is 3.90. The molecule has 16 heavy (non-hydrogen) atoms. The first-order valence-electron chi connectivity index (χ1n) is 6.25. The lowest BCUT2D eigenvalue weighted by molar-refractivity contribution is 0.266. The predicted octanol–water partition coefficient (Wildman–Crippen LogP) is 2.87. The van der Waals surface area contributed by atoms with Crippen LogP contribution in [0.4, 0.5) is 11.5 Å². The van der Waals surface area contributed by atoms with Gasteiger partial charge in [-0.05, 0) is 30.9 Å². The van der Waals surface area contributed by atoms with Crippen LogP contribution in [0.2, 0.25) is 0 Å². The van der Waals surface area contributed by atoms with Crippen molar-refractivity contribution in [2.24, 2.45) is 5.92 Å². The van der Waals surface area contributed by atoms with Gasteiger partial charge in [0.25, 0.3) is 0 Å². The van der Waals surface area contributed by atoms with E-state index in [1.54, 1.807) is 0 Å². The van der Waals surface area contributed by atoms with Crippen LogP contribution in [-0.4, -0.2) is 17.1 Å². The van der Waals surface area contributed by atoms with E-state index >= 15 is 0 Å². The lowest BCUT2D eigenvalue weighted by Crippen LogP contribution is -2.50. The van der Waals surface area contributed by atoms with Crippen molar-refractivity contribution in [3.8, 4) is 0 Å². The van der Waals surface area contributed by atoms with Crippen LogP contribution in [0.5, 0.6) is 0 Å². The quantitative estimate of drug-likeness (QED) is 0.701. The van der Waals surface area contributed by atoms with Crippen LogP contribution >= 0.6 is 0 Å². The highest BCUT2D eigenvalue weighted by molar-refractivity contribution is 5.67. The van der Waals surface area contributed by atoms with E-state index in [9.17, 15) is 0 Å². The van der Waals surface area contributed by atoms with Crippen molar-refractivity contribution in [2.75, 3.05) is 17.2 Å². The van der Waals surface area contributed by atoms with Gasteiger partial charge in [-0.1, -0.05) is 19.8 Å². The molecule has 1 aliphatic heterocycles. The smallest absolute Gasteiger partial charge is 0.149 e. The SMILES string of the molecule is CC1CCCC2(CNc3cccnc3N2)C1. The van der Waals surface area contributed by atoms with E-state index in [0.717, 1.165) is 24.0 Å². The molecule has 2 atom stereocenters. The molecule has 1 aliphatic carbocycles. The summed E-state index contributed by atoms with van der Waals surface area (Å²) in [4.78, 5) is 4.42. The first kappa shape index (κ1) is 9.94. The van der Waals surface area contributed by atoms with Crippen LogP contribution in [-0.2, 0) is 0 Å². The average Bonchev–Trinajstić information content (AvgIpc) is 2.28. The number of fused-ring (bicyclic) bond motifs is 1. The molecule has 1 fully saturated rings. The summed E-state index contributed by atoms with van der Waals surface area (Å²) in [5.74, 6) is 1.86. The summed E-state index contributed by atoms with van der Waals surface area (Å²) in [7, 11) is 0. The molecular weight excluding hydrogens is 198 g/mol. The van der Waals surface area contributed by atoms with Crippen LogP contribution < -0.4 is 10.6 Å². The minimum absolute atomic E-state index is 0.249. The maximum Gasteiger partial charge on any atom is 0.149 e. The fourth-order valence-electron chi connectivity index (χ4n) is 3.14. The van der Waals surface area contributed by atoms with Crippen molar-refractivity contribution in [2.45, 2.75) is 38.1 Å². The van der Waals surface area contributed by atoms with Gasteiger partial charge in [0.05, 0.1) is 11.2 Å². The topological polar surface area (TPSA) is 37.0 Å². The standard InChI is InChI=1S/C13H19N3/c1-10-4-2-6-13(8-10)9-15-11-5-3-7-14-12(11)16-13/h3,5,7,10,15H,2,4,6,8-9H2,1H3,(H,14,16). The molecule has 3 rings (SSSR count). The average molecular weight is 217 g/mol. The first-order valence-corrected chi connectivity index (χ1v) is 6.25. The maximum absolute atomic E-state index is 4.42. The minimum Gasteiger partial charge on any atom is -0.380 e. The summed E-state index contributed by atoms with van der Waals surface area (Å²) in [6, 6.07) is 4.07. The molecule has 1 aromatic heterocycles. The van der Waals surface area contributed by atoms with Crippen LogP contribution in [0.25, 0.3) is 0 Å². The van der Waals surface area contributed by atoms with E-state index in [0.29, 0.717) is 0 Å². The Hall–Kier alpha value is -1.25. The van der Waals surface area contributed by atoms with E-state index in [2.05, 4.69) is 28.6 Å². The molecule has 2 heterocycles. The zero-order valence-electron chi connectivity index (χ0n) is 9.79. The van der Waals surface area contributed by atoms with E-state index in [-0.39, 0.29) is 5.54 Å². The maximum atomic E-state index is 4.42. The lowest BCUT2D eigenvalue weighted by Gasteiger charge is -2.44. The highest BCUT2D eigenvalue weighted by atomic mass is 15.2. The van der Waals surface area contributed by atoms with E-state index < -0.39 is 0 Å². The Morgan fingerprint density at radius 2 is 2.44 bits per heavy atom. The zero-order chi connectivity index (χ0) is 11.0. The van der Waals surface area contributed by atoms with Crippen molar-refractivity contribution in [3.05, 3.63) is 18.3 Å². The van der Waals surface area contributed by atoms with Gasteiger partial charge in [0.1, 0.15) is 5.82 Å². The number of anilines is 2. The number of rotatable bonds is 0. The number of nitrogens with one attached hydrogen (secondary N) is 2. The van der Waals surface area contributed by atoms with E-state index in [1.807, 2.05) is 12.3 Å². The number of hydrogen-bond acceptors (Lipinski definition) is 3. The second kappa shape index (κ2) is 3.65. The molecule has 2 unspecified atom stereocenters. The molecule has 0 bridgehead atoms. The summed E-state index contributed by atoms with van der Waals surface area (Å²) in [6.07, 6.45) is 7.09. The van der Waals surface area contributed by atoms with Gasteiger partial charge in [-0.2, -0.15) is 0 Å². The van der Waals surface area contributed by atoms with Crippen molar-refractivity contribution in [3.63, 3.8) is 0 Å². The second-order valence-electron chi connectivity index (χ2n) is 5.36. The van der Waals surface area contributed by atoms with Gasteiger partial charge >= 0.3 is 0 Å². The number of nitrogens with zero attached hydrogens (tertiary/aromatic N) is 1. The molecule has 1 aromatic rings. The van der Waals surface area contributed by atoms with Crippen LogP contribution in [0, 0.1) is 5.92 Å². The van der Waals surface area contributed by atoms with Crippen molar-refractivity contribution < 1.29 is 0 Å². The fourth-order valence-corrected chi connectivity index (χ4v) is 3.14. The number of hydrogen-bond donors (Lipinski definition) is 2. The Balaban J connectivity index is 1.86. The van der Waals surface area contributed by atoms with Gasteiger partial charge in [0.2, 0.25) is 0 Å². The largest absolute Gasteiger partial charge is 0.380 e. The molecule has 2 N–H and O–H groups in total. The third-order valence-corrected chi connectivity index (χ3v) is 3.90. The zero-order valence-corrected chi connectivity index (χ0v) is 9.79. The number of aromatic nitrogens is 1. The van der Waals surface area contributed by atoms with Gasteiger partial charge < -0.3 is 10.6 Å². The monoisotopic (exact) mass is 217 g/mol. The molecule has 1 saturated carbocycles. The van der Waals surface area contributed by atoms with Gasteiger partial charge in [0, 0.05) is 12.7 Å². The summed E-state index contributed by atoms with van der Waals surface area (Å²) < 4.78 is 0. The van der Waals surface area contributed by atoms with Crippen molar-refractivity contribution in [1.29, 1.82) is 0 Å². The third kappa shape index (κ3) is 1.64. The molecule has 0 saturated heterocycles. The summed E-state index contributed by atoms with van der Waals surface area (Å²) >= 11 is 0. The van der Waals surface area contributed by atoms with Crippen LogP contribution in [0.3, 0.4) is 0 Å². The highest BCUT2D eigenvalue weighted by Crippen LogP contribution is 2.38. The summed E-state index contributed by atoms with van der Waals surface area (Å²) in [5.41, 5.74) is 1.39. The number of pyridine rings is 1. The Labute approximate surface area is 96.7 Å². The minimum atomic E-state index is 0.249. The summed E-state index contributed by atoms with van der Waals surface area (Å²) in [5, 5.41) is 7.19. The Kier molecular flexibility index (Phi) is 2.27. The molecule has 0 radical (unpaired) electrons. The molecule has 0 amide bonds. The molecule has 3 nitrogen and oxygen atoms in total. The van der Waals surface area contributed by atoms with Crippen molar-refractivity contribution in [1.82, 2.24) is 4.98 Å². The Morgan fingerprint density at radius 1 is 1.50 bits per heavy atom. The normalized spacial score (nSPS) is 32.7. The highest BCUT2D eigenvalue weighted by Gasteiger charge is 2.37. The second-order valence-corrected chi connectivity index (χ2v) is 5.36. The van der Waals surface area contributed by atoms with Gasteiger partial charge in [-0.3, -0.25) is 0 Å². The van der Waals surface area contributed by atoms with Crippen LogP contribution in [0.1, 0.15) is 32.6 Å². The molecule has 3 heteroatoms. The van der Waals surface area contributed by atoms with Crippen LogP contribution in [0.15, 0.2) is 18.3 Å². The first-order chi connectivity index (χ1) is 7.77. The van der Waals surface area contributed by atoms with E-state index in [1.165, 1.54) is 25.7 Å². The van der Waals surface area contributed by atoms with Gasteiger partial charge in [0.15, 0.2) is 0 Å². The molecule has 1 spiro atoms. The fraction of sp³-hybridized carbons (Fsp3) is 0.615. The molecule has 2 aliphatic rings. The lowest BCUT2D eigenvalue weighted by atomic mass is 9.75. The van der Waals surface area contributed by atoms with Gasteiger partial charge in [-0.15, -0.1) is 0 Å². The van der Waals surface area contributed by atoms with Crippen molar-refractivity contribution >= 4 is 11.5 Å². The Bertz CT molecular complexity index is 391. The molecule has 0 aromatic carbocycles. The van der Waals surface area contributed by atoms with Gasteiger partial charge in [-0.25, -0.2) is 4.98 Å². The molecule has 86 valence electrons. The summed E-state index contributed by atoms with van der Waals surface area (Å²) in [6.45, 7) is 3.40. The predicted molar refractivity (Wildman–Crippen MR) is 66.7 cm³/mol. The molecular formula is C13H19N3. The Morgan fingerprint density at radius 3 is 3.31 bits per heavy atom. The van der Waals surface area contributed by atoms with E-state index in [4.69, 9.17) is 0 Å².